The van der Waals surface area contributed by atoms with Crippen LogP contribution in [0, 0.1) is 15.2 Å². The van der Waals surface area contributed by atoms with Gasteiger partial charge in [0.2, 0.25) is 0 Å². The third-order valence-electron chi connectivity index (χ3n) is 3.49. The van der Waals surface area contributed by atoms with Gasteiger partial charge in [-0.2, -0.15) is 0 Å². The minimum Gasteiger partial charge on any atom is -0.391 e. The van der Waals surface area contributed by atoms with E-state index in [4.69, 9.17) is 4.84 Å². The van der Waals surface area contributed by atoms with Gasteiger partial charge in [0.25, 0.3) is 5.91 Å². The van der Waals surface area contributed by atoms with Crippen LogP contribution >= 0.6 is 22.6 Å². The second kappa shape index (κ2) is 9.79. The van der Waals surface area contributed by atoms with E-state index < -0.39 is 23.6 Å². The third-order valence-corrected chi connectivity index (χ3v) is 4.16. The second-order valence-corrected chi connectivity index (χ2v) is 6.87. The highest BCUT2D eigenvalue weighted by molar-refractivity contribution is 14.1. The smallest absolute Gasteiger partial charge is 0.276 e. The summed E-state index contributed by atoms with van der Waals surface area (Å²) in [6.07, 6.45) is 0.643. The number of halogens is 3. The molecule has 3 N–H and O–H groups in total. The van der Waals surface area contributed by atoms with Crippen LogP contribution in [0.15, 0.2) is 36.4 Å². The lowest BCUT2D eigenvalue weighted by Crippen LogP contribution is -2.28. The van der Waals surface area contributed by atoms with E-state index in [-0.39, 0.29) is 23.5 Å². The Morgan fingerprint density at radius 3 is 2.69 bits per heavy atom. The van der Waals surface area contributed by atoms with Crippen LogP contribution in [0.5, 0.6) is 0 Å². The van der Waals surface area contributed by atoms with Gasteiger partial charge in [0.15, 0.2) is 0 Å². The number of aliphatic hydroxyl groups is 1. The van der Waals surface area contributed by atoms with E-state index in [1.807, 2.05) is 29.5 Å². The van der Waals surface area contributed by atoms with E-state index >= 15 is 0 Å². The fourth-order valence-electron chi connectivity index (χ4n) is 2.23. The van der Waals surface area contributed by atoms with Gasteiger partial charge in [-0.3, -0.25) is 9.63 Å². The van der Waals surface area contributed by atoms with Crippen LogP contribution in [0.25, 0.3) is 0 Å². The molecule has 1 unspecified atom stereocenters. The molecule has 5 nitrogen and oxygen atoms in total. The summed E-state index contributed by atoms with van der Waals surface area (Å²) >= 11 is 1.97. The molecule has 0 bridgehead atoms. The van der Waals surface area contributed by atoms with Crippen LogP contribution in [0.2, 0.25) is 0 Å². The van der Waals surface area contributed by atoms with Gasteiger partial charge in [-0.1, -0.05) is 13.3 Å². The van der Waals surface area contributed by atoms with Gasteiger partial charge in [-0.05, 0) is 65.4 Å². The molecule has 8 heteroatoms. The van der Waals surface area contributed by atoms with Crippen molar-refractivity contribution in [2.45, 2.75) is 25.9 Å². The summed E-state index contributed by atoms with van der Waals surface area (Å²) in [6, 6.07) is 7.99. The van der Waals surface area contributed by atoms with Gasteiger partial charge >= 0.3 is 0 Å². The average molecular weight is 476 g/mol. The Kier molecular flexibility index (Phi) is 7.73. The first kappa shape index (κ1) is 20.5. The van der Waals surface area contributed by atoms with Crippen molar-refractivity contribution in [2.24, 2.45) is 0 Å². The summed E-state index contributed by atoms with van der Waals surface area (Å²) in [4.78, 5) is 17.3. The normalized spacial score (nSPS) is 11.9. The zero-order valence-electron chi connectivity index (χ0n) is 14.1. The summed E-state index contributed by atoms with van der Waals surface area (Å²) in [6.45, 7) is 1.86. The van der Waals surface area contributed by atoms with E-state index in [0.29, 0.717) is 9.99 Å². The van der Waals surface area contributed by atoms with Gasteiger partial charge in [0.1, 0.15) is 18.2 Å². The number of carbonyl (C=O) groups excluding carboxylic acids is 1. The highest BCUT2D eigenvalue weighted by atomic mass is 127. The van der Waals surface area contributed by atoms with Crippen molar-refractivity contribution in [3.8, 4) is 0 Å². The molecule has 0 heterocycles. The van der Waals surface area contributed by atoms with Gasteiger partial charge in [0.05, 0.1) is 23.0 Å². The Morgan fingerprint density at radius 1 is 1.23 bits per heavy atom. The molecule has 0 aliphatic heterocycles. The lowest BCUT2D eigenvalue weighted by atomic mass is 10.1. The maximum absolute atomic E-state index is 14.0. The molecule has 2 rings (SSSR count). The standard InChI is InChI=1S/C18H19F2IN2O3/c1-2-3-13(24)10-26-23-18(25)14-6-4-11(19)8-17(14)22-16-7-5-12(21)9-15(16)20/h4-9,13,22,24H,2-3,10H2,1H3,(H,23,25). The van der Waals surface area contributed by atoms with Gasteiger partial charge in [-0.25, -0.2) is 14.3 Å². The molecule has 0 aliphatic carbocycles. The molecular formula is C18H19F2IN2O3. The predicted molar refractivity (Wildman–Crippen MR) is 103 cm³/mol. The molecule has 0 fully saturated rings. The first-order valence-electron chi connectivity index (χ1n) is 8.02. The molecule has 0 aliphatic rings. The van der Waals surface area contributed by atoms with Gasteiger partial charge in [-0.15, -0.1) is 0 Å². The van der Waals surface area contributed by atoms with Crippen molar-refractivity contribution in [3.63, 3.8) is 0 Å². The Labute approximate surface area is 163 Å². The SMILES string of the molecule is CCCC(O)CONC(=O)c1ccc(F)cc1Nc1ccc(I)cc1F. The summed E-state index contributed by atoms with van der Waals surface area (Å²) in [5, 5.41) is 12.3. The molecule has 2 aromatic rings. The minimum atomic E-state index is -0.688. The van der Waals surface area contributed by atoms with Crippen molar-refractivity contribution in [1.29, 1.82) is 0 Å². The van der Waals surface area contributed by atoms with Gasteiger partial charge in [0, 0.05) is 3.57 Å². The quantitative estimate of drug-likeness (QED) is 0.396. The lowest BCUT2D eigenvalue weighted by Gasteiger charge is -2.14. The molecule has 0 saturated carbocycles. The van der Waals surface area contributed by atoms with Crippen molar-refractivity contribution >= 4 is 39.9 Å². The molecule has 0 radical (unpaired) electrons. The van der Waals surface area contributed by atoms with Crippen LogP contribution in [-0.4, -0.2) is 23.7 Å². The summed E-state index contributed by atoms with van der Waals surface area (Å²) in [7, 11) is 0. The van der Waals surface area contributed by atoms with Crippen LogP contribution in [0.3, 0.4) is 0 Å². The number of carbonyl (C=O) groups is 1. The van der Waals surface area contributed by atoms with E-state index in [0.717, 1.165) is 18.6 Å². The van der Waals surface area contributed by atoms with E-state index in [1.165, 1.54) is 18.2 Å². The van der Waals surface area contributed by atoms with E-state index in [1.54, 1.807) is 6.07 Å². The highest BCUT2D eigenvalue weighted by Crippen LogP contribution is 2.25. The number of aliphatic hydroxyl groups excluding tert-OH is 1. The zero-order chi connectivity index (χ0) is 19.1. The Hall–Kier alpha value is -1.78. The fourth-order valence-corrected chi connectivity index (χ4v) is 2.68. The molecular weight excluding hydrogens is 457 g/mol. The number of benzene rings is 2. The molecule has 140 valence electrons. The van der Waals surface area contributed by atoms with Crippen molar-refractivity contribution in [1.82, 2.24) is 5.48 Å². The van der Waals surface area contributed by atoms with Crippen LogP contribution in [0.1, 0.15) is 30.1 Å². The average Bonchev–Trinajstić information content (AvgIpc) is 2.57. The number of hydroxylamine groups is 1. The molecule has 0 saturated heterocycles. The number of hydrogen-bond donors (Lipinski definition) is 3. The third kappa shape index (κ3) is 5.89. The van der Waals surface area contributed by atoms with E-state index in [2.05, 4.69) is 10.8 Å². The van der Waals surface area contributed by atoms with Crippen molar-refractivity contribution in [2.75, 3.05) is 11.9 Å². The summed E-state index contributed by atoms with van der Waals surface area (Å²) in [5.74, 6) is -1.73. The Morgan fingerprint density at radius 2 is 2.00 bits per heavy atom. The van der Waals surface area contributed by atoms with Crippen LogP contribution in [0.4, 0.5) is 20.2 Å². The predicted octanol–water partition coefficient (Wildman–Crippen LogP) is 4.14. The highest BCUT2D eigenvalue weighted by Gasteiger charge is 2.15. The maximum Gasteiger partial charge on any atom is 0.276 e. The van der Waals surface area contributed by atoms with Crippen LogP contribution < -0.4 is 10.8 Å². The molecule has 0 aromatic heterocycles. The van der Waals surface area contributed by atoms with Crippen molar-refractivity contribution in [3.05, 3.63) is 57.2 Å². The number of hydrogen-bond acceptors (Lipinski definition) is 4. The first-order chi connectivity index (χ1) is 12.4. The minimum absolute atomic E-state index is 0.0602. The maximum atomic E-state index is 14.0. The Balaban J connectivity index is 2.12. The zero-order valence-corrected chi connectivity index (χ0v) is 16.2. The monoisotopic (exact) mass is 476 g/mol. The largest absolute Gasteiger partial charge is 0.391 e. The topological polar surface area (TPSA) is 70.6 Å². The Bertz CT molecular complexity index is 774. The molecule has 26 heavy (non-hydrogen) atoms. The number of anilines is 2. The summed E-state index contributed by atoms with van der Waals surface area (Å²) < 4.78 is 28.3. The number of amides is 1. The van der Waals surface area contributed by atoms with E-state index in [9.17, 15) is 18.7 Å². The van der Waals surface area contributed by atoms with Crippen molar-refractivity contribution < 1.29 is 23.5 Å². The fraction of sp³-hybridized carbons (Fsp3) is 0.278. The number of nitrogens with one attached hydrogen (secondary N) is 2. The molecule has 1 amide bonds. The molecule has 1 atom stereocenters. The van der Waals surface area contributed by atoms with Crippen LogP contribution in [-0.2, 0) is 4.84 Å². The first-order valence-corrected chi connectivity index (χ1v) is 9.10. The lowest BCUT2D eigenvalue weighted by molar-refractivity contribution is -0.0149. The summed E-state index contributed by atoms with van der Waals surface area (Å²) in [5.41, 5.74) is 2.49. The molecule has 2 aromatic carbocycles. The second-order valence-electron chi connectivity index (χ2n) is 5.62. The number of rotatable bonds is 8. The molecule has 0 spiro atoms. The van der Waals surface area contributed by atoms with Gasteiger partial charge < -0.3 is 10.4 Å².